The average Bonchev–Trinajstić information content (AvgIpc) is 3.28. The van der Waals surface area contributed by atoms with Crippen molar-refractivity contribution in [1.82, 2.24) is 15.2 Å². The smallest absolute Gasteiger partial charge is 0.352 e. The van der Waals surface area contributed by atoms with Gasteiger partial charge in [0.05, 0.1) is 25.0 Å². The van der Waals surface area contributed by atoms with Gasteiger partial charge < -0.3 is 36.3 Å². The zero-order chi connectivity index (χ0) is 30.6. The van der Waals surface area contributed by atoms with Crippen LogP contribution in [0.5, 0.6) is 0 Å². The highest BCUT2D eigenvalue weighted by molar-refractivity contribution is 8.00. The molecule has 0 aliphatic carbocycles. The van der Waals surface area contributed by atoms with Crippen LogP contribution in [0.2, 0.25) is 4.34 Å². The molecule has 3 atom stereocenters. The van der Waals surface area contributed by atoms with Crippen LogP contribution in [-0.2, 0) is 28.8 Å². The van der Waals surface area contributed by atoms with Crippen LogP contribution in [0.25, 0.3) is 0 Å². The fraction of sp³-hybridized carbons (Fsp3) is 0.542. The average molecular weight is 643 g/mol. The van der Waals surface area contributed by atoms with Gasteiger partial charge in [-0.3, -0.25) is 19.3 Å². The number of anilines is 1. The lowest BCUT2D eigenvalue weighted by atomic mass is 9.70. The van der Waals surface area contributed by atoms with Crippen LogP contribution in [0, 0.1) is 5.41 Å². The Morgan fingerprint density at radius 1 is 1.26 bits per heavy atom. The van der Waals surface area contributed by atoms with Gasteiger partial charge in [-0.1, -0.05) is 28.1 Å². The summed E-state index contributed by atoms with van der Waals surface area (Å²) in [6.07, 6.45) is 0.547. The van der Waals surface area contributed by atoms with Crippen LogP contribution < -0.4 is 16.8 Å². The summed E-state index contributed by atoms with van der Waals surface area (Å²) in [7, 11) is 0. The number of nitrogen functional groups attached to an aromatic ring is 1. The molecule has 0 saturated carbocycles. The Morgan fingerprint density at radius 3 is 2.43 bits per heavy atom. The van der Waals surface area contributed by atoms with E-state index >= 15 is 0 Å². The predicted octanol–water partition coefficient (Wildman–Crippen LogP) is -0.203. The molecule has 5 aliphatic rings. The molecule has 1 aromatic heterocycles. The number of hydrogen-bond donors (Lipinski definition) is 5. The number of carbonyl (C=O) groups is 5. The standard InChI is InChI=1S/C24H28ClN7O8S2/c1-10(20(35)36)40-30-13(12-16(25)42-23(27)29-12)17(33)28-14-18(34)31-15(21(37)38)11(9-41-19(14)31)8-32-5-2-24(3-6-32,4-7-32)22(26)39/h10,14,19H,2-9H2,1H3,(H6-,26,27,28,29,33,35,36,37,38,39)/p+1/b30-13-/t10-,14+,19?,24?,32?/m0/s1. The Kier molecular flexibility index (Phi) is 7.88. The molecule has 1 unspecified atom stereocenters. The summed E-state index contributed by atoms with van der Waals surface area (Å²) in [5.41, 5.74) is 10.8. The molecule has 15 nitrogen and oxygen atoms in total. The van der Waals surface area contributed by atoms with E-state index in [4.69, 9.17) is 33.0 Å². The number of halogens is 1. The number of carboxylic acids is 2. The highest BCUT2D eigenvalue weighted by Gasteiger charge is 2.57. The van der Waals surface area contributed by atoms with Crippen molar-refractivity contribution in [1.29, 1.82) is 0 Å². The van der Waals surface area contributed by atoms with Crippen LogP contribution in [0.4, 0.5) is 5.13 Å². The van der Waals surface area contributed by atoms with Gasteiger partial charge in [0, 0.05) is 30.6 Å². The number of primary amides is 1. The molecule has 5 aliphatic heterocycles. The first-order valence-corrected chi connectivity index (χ1v) is 15.3. The third-order valence-corrected chi connectivity index (χ3v) is 10.9. The van der Waals surface area contributed by atoms with Gasteiger partial charge >= 0.3 is 11.9 Å². The lowest BCUT2D eigenvalue weighted by Crippen LogP contribution is -2.71. The van der Waals surface area contributed by atoms with E-state index in [1.165, 1.54) is 23.6 Å². The number of rotatable bonds is 10. The monoisotopic (exact) mass is 642 g/mol. The second-order valence-corrected chi connectivity index (χ2v) is 13.6. The van der Waals surface area contributed by atoms with Gasteiger partial charge in [-0.05, 0) is 6.92 Å². The molecular formula is C24H29ClN7O8S2+. The molecule has 18 heteroatoms. The first kappa shape index (κ1) is 30.1. The summed E-state index contributed by atoms with van der Waals surface area (Å²) in [4.78, 5) is 72.2. The van der Waals surface area contributed by atoms with Gasteiger partial charge in [-0.15, -0.1) is 11.8 Å². The van der Waals surface area contributed by atoms with E-state index in [2.05, 4.69) is 15.5 Å². The number of nitrogens with one attached hydrogen (secondary N) is 1. The van der Waals surface area contributed by atoms with E-state index in [9.17, 15) is 29.1 Å². The van der Waals surface area contributed by atoms with E-state index in [1.807, 2.05) is 0 Å². The molecule has 4 fully saturated rings. The summed E-state index contributed by atoms with van der Waals surface area (Å²) in [5, 5.41) is 24.7. The number of thioether (sulfide) groups is 1. The molecule has 0 radical (unpaired) electrons. The lowest BCUT2D eigenvalue weighted by molar-refractivity contribution is -0.940. The highest BCUT2D eigenvalue weighted by Crippen LogP contribution is 2.46. The Labute approximate surface area is 252 Å². The van der Waals surface area contributed by atoms with E-state index in [-0.39, 0.29) is 26.8 Å². The minimum atomic E-state index is -1.41. The zero-order valence-corrected chi connectivity index (χ0v) is 24.8. The van der Waals surface area contributed by atoms with Crippen molar-refractivity contribution < 1.29 is 43.5 Å². The van der Waals surface area contributed by atoms with E-state index in [0.717, 1.165) is 11.3 Å². The van der Waals surface area contributed by atoms with Crippen molar-refractivity contribution in [2.24, 2.45) is 16.3 Å². The molecular weight excluding hydrogens is 614 g/mol. The maximum atomic E-state index is 13.3. The topological polar surface area (TPSA) is 228 Å². The fourth-order valence-electron chi connectivity index (χ4n) is 5.92. The molecule has 2 bridgehead atoms. The normalized spacial score (nSPS) is 29.4. The maximum Gasteiger partial charge on any atom is 0.352 e. The van der Waals surface area contributed by atoms with Crippen molar-refractivity contribution in [3.63, 3.8) is 0 Å². The maximum absolute atomic E-state index is 13.3. The number of thiazole rings is 1. The number of oxime groups is 1. The fourth-order valence-corrected chi connectivity index (χ4v) is 8.19. The Balaban J connectivity index is 1.34. The molecule has 0 spiro atoms. The number of carbonyl (C=O) groups excluding carboxylic acids is 3. The first-order valence-electron chi connectivity index (χ1n) is 13.0. The summed E-state index contributed by atoms with van der Waals surface area (Å²) in [6.45, 7) is 3.75. The molecule has 7 N–H and O–H groups in total. The number of β-lactam (4-membered cyclic amide) rings is 1. The van der Waals surface area contributed by atoms with Gasteiger partial charge in [-0.25, -0.2) is 14.6 Å². The number of fused-ring (bicyclic) bond motifs is 4. The summed E-state index contributed by atoms with van der Waals surface area (Å²) in [6, 6.07) is -1.09. The number of aliphatic carboxylic acids is 2. The molecule has 6 rings (SSSR count). The lowest BCUT2D eigenvalue weighted by Gasteiger charge is -2.55. The number of piperidine rings is 3. The van der Waals surface area contributed by atoms with Gasteiger partial charge in [0.15, 0.2) is 10.8 Å². The van der Waals surface area contributed by atoms with Crippen molar-refractivity contribution in [3.8, 4) is 0 Å². The quantitative estimate of drug-likeness (QED) is 0.0971. The van der Waals surface area contributed by atoms with E-state index in [1.54, 1.807) is 0 Å². The van der Waals surface area contributed by atoms with Gasteiger partial charge in [0.2, 0.25) is 12.0 Å². The molecule has 226 valence electrons. The minimum absolute atomic E-state index is 0.00156. The number of nitrogens with zero attached hydrogens (tertiary/aromatic N) is 4. The van der Waals surface area contributed by atoms with Gasteiger partial charge in [0.25, 0.3) is 11.8 Å². The molecule has 42 heavy (non-hydrogen) atoms. The number of quaternary nitrogens is 1. The second-order valence-electron chi connectivity index (χ2n) is 10.9. The van der Waals surface area contributed by atoms with E-state index < -0.39 is 52.4 Å². The number of carboxylic acid groups (broad SMARTS) is 2. The van der Waals surface area contributed by atoms with Crippen LogP contribution in [0.1, 0.15) is 31.9 Å². The predicted molar refractivity (Wildman–Crippen MR) is 151 cm³/mol. The van der Waals surface area contributed by atoms with Crippen LogP contribution >= 0.6 is 34.7 Å². The number of amides is 3. The van der Waals surface area contributed by atoms with Gasteiger partial charge in [-0.2, -0.15) is 0 Å². The number of nitrogens with two attached hydrogens (primary N) is 2. The largest absolute Gasteiger partial charge is 0.478 e. The van der Waals surface area contributed by atoms with Crippen molar-refractivity contribution in [3.05, 3.63) is 21.3 Å². The Hall–Kier alpha value is -3.41. The highest BCUT2D eigenvalue weighted by atomic mass is 35.5. The Morgan fingerprint density at radius 2 is 1.90 bits per heavy atom. The van der Waals surface area contributed by atoms with Gasteiger partial charge in [0.1, 0.15) is 33.7 Å². The molecule has 1 aromatic rings. The van der Waals surface area contributed by atoms with Crippen molar-refractivity contribution >= 4 is 75.2 Å². The zero-order valence-electron chi connectivity index (χ0n) is 22.4. The van der Waals surface area contributed by atoms with Crippen molar-refractivity contribution in [2.75, 3.05) is 37.7 Å². The summed E-state index contributed by atoms with van der Waals surface area (Å²) < 4.78 is 0.638. The van der Waals surface area contributed by atoms with Crippen LogP contribution in [0.15, 0.2) is 16.4 Å². The number of aromatic nitrogens is 1. The molecule has 3 amide bonds. The van der Waals surface area contributed by atoms with Crippen molar-refractivity contribution in [2.45, 2.75) is 43.7 Å². The van der Waals surface area contributed by atoms with Crippen LogP contribution in [0.3, 0.4) is 0 Å². The summed E-state index contributed by atoms with van der Waals surface area (Å²) >= 11 is 8.34. The molecule has 0 aromatic carbocycles. The summed E-state index contributed by atoms with van der Waals surface area (Å²) in [5.74, 6) is -4.07. The number of hydrogen-bond acceptors (Lipinski definition) is 11. The minimum Gasteiger partial charge on any atom is -0.478 e. The molecule has 4 saturated heterocycles. The second kappa shape index (κ2) is 11.0. The van der Waals surface area contributed by atoms with Crippen LogP contribution in [-0.4, -0.2) is 109 Å². The Bertz CT molecular complexity index is 1420. The third kappa shape index (κ3) is 5.18. The first-order chi connectivity index (χ1) is 19.8. The third-order valence-electron chi connectivity index (χ3n) is 8.47. The SMILES string of the molecule is C[C@H](O/N=C(\C(=O)N[C@@H]1C(=O)N2C(C(=O)O)=C(C[N+]34CCC(C(N)=O)(CC3)CC4)CSC12)c1nc(N)sc1Cl)C(=O)O. The molecule has 6 heterocycles. The van der Waals surface area contributed by atoms with E-state index in [0.29, 0.717) is 61.3 Å².